The molecule has 6 heavy (non-hydrogen) atoms. The van der Waals surface area contributed by atoms with Gasteiger partial charge in [0.2, 0.25) is 0 Å². The van der Waals surface area contributed by atoms with Crippen molar-refractivity contribution in [2.75, 3.05) is 0 Å². The molecule has 22 valence electrons. The standard InChI is InChI=1S/Ca.Nd.Sr.2Ti.Zn.4H. The summed E-state index contributed by atoms with van der Waals surface area (Å²) in [6, 6.07) is 0. The molecule has 0 radical (unpaired) electrons. The summed E-state index contributed by atoms with van der Waals surface area (Å²) in [5.41, 5.74) is 0. The summed E-state index contributed by atoms with van der Waals surface area (Å²) in [4.78, 5) is 0. The van der Waals surface area contributed by atoms with Crippen LogP contribution in [-0.2, 0) is 62.9 Å². The maximum atomic E-state index is 0. The van der Waals surface area contributed by atoms with Gasteiger partial charge in [0.15, 0.2) is 0 Å². The molecule has 0 nitrogen and oxygen atoms in total. The maximum Gasteiger partial charge on any atom is 0 e. The minimum Gasteiger partial charge on any atom is 0 e. The molecule has 0 aliphatic rings. The average Bonchev–Trinajstić information content (AvgIpc) is 0. The molecule has 0 aromatic rings. The third-order valence-electron chi connectivity index (χ3n) is 0. The van der Waals surface area contributed by atoms with Crippen molar-refractivity contribution in [3.63, 3.8) is 0 Å². The van der Waals surface area contributed by atoms with Crippen molar-refractivity contribution in [3.8, 4) is 0 Å². The van der Waals surface area contributed by atoms with Gasteiger partial charge in [-0.3, -0.25) is 0 Å². The summed E-state index contributed by atoms with van der Waals surface area (Å²) in [7, 11) is 0. The van der Waals surface area contributed by atoms with E-state index in [1.165, 1.54) is 0 Å². The van der Waals surface area contributed by atoms with Crippen LogP contribution < -0.4 is 0 Å². The number of rotatable bonds is 0. The van der Waals surface area contributed by atoms with E-state index >= 15 is 0 Å². The van der Waals surface area contributed by atoms with Crippen molar-refractivity contribution in [3.05, 3.63) is 0 Å². The van der Waals surface area contributed by atoms with E-state index in [1.54, 1.807) is 0 Å². The van der Waals surface area contributed by atoms with E-state index in [2.05, 4.69) is 0 Å². The second kappa shape index (κ2) is 30.4. The Kier molecular flexibility index (Phi) is 202. The molecule has 0 spiro atoms. The van der Waals surface area contributed by atoms with Crippen molar-refractivity contribution in [1.29, 1.82) is 0 Å². The Balaban J connectivity index is 0. The van der Waals surface area contributed by atoms with Crippen molar-refractivity contribution in [1.82, 2.24) is 0 Å². The molecular formula is H4CaNdSrTi2Zn. The Morgan fingerprint density at radius 3 is 0.833 bits per heavy atom. The van der Waals surface area contributed by atoms with Gasteiger partial charge in [-0.25, -0.2) is 0 Å². The minimum atomic E-state index is 0. The first-order valence-corrected chi connectivity index (χ1v) is 0. The monoisotopic (exact) mass is 434 g/mol. The van der Waals surface area contributed by atoms with Gasteiger partial charge in [0, 0.05) is 104 Å². The Bertz CT molecular complexity index is 13.5. The Morgan fingerprint density at radius 1 is 0.833 bits per heavy atom. The smallest absolute Gasteiger partial charge is 0 e. The quantitative estimate of drug-likeness (QED) is 0.391. The molecule has 0 aromatic carbocycles. The second-order valence-electron chi connectivity index (χ2n) is 0. The zero-order chi connectivity index (χ0) is 0. The topological polar surface area (TPSA) is 0 Å². The molecule has 0 unspecified atom stereocenters. The zero-order valence-corrected chi connectivity index (χ0v) is 11.5. The van der Waals surface area contributed by atoms with Crippen LogP contribution in [0.2, 0.25) is 0 Å². The zero-order valence-electron chi connectivity index (χ0n) is 2.21. The average molecular weight is 437 g/mol. The summed E-state index contributed by atoms with van der Waals surface area (Å²) in [6.45, 7) is 0. The Morgan fingerprint density at radius 2 is 0.833 bits per heavy atom. The van der Waals surface area contributed by atoms with Gasteiger partial charge in [0.1, 0.15) is 0 Å². The van der Waals surface area contributed by atoms with E-state index in [-0.39, 0.29) is 187 Å². The molecule has 0 fully saturated rings. The molecule has 6 heteroatoms. The van der Waals surface area contributed by atoms with E-state index in [0.717, 1.165) is 0 Å². The van der Waals surface area contributed by atoms with Crippen molar-refractivity contribution < 1.29 is 104 Å². The van der Waals surface area contributed by atoms with Crippen molar-refractivity contribution >= 4 is 83.2 Å². The van der Waals surface area contributed by atoms with E-state index in [1.807, 2.05) is 0 Å². The first-order valence-electron chi connectivity index (χ1n) is 0. The molecule has 0 saturated heterocycles. The fourth-order valence-corrected chi connectivity index (χ4v) is 0. The summed E-state index contributed by atoms with van der Waals surface area (Å²) < 4.78 is 0. The number of hydrogen-bond donors (Lipinski definition) is 0. The molecular weight excluding hydrogens is 433 g/mol. The molecule has 0 atom stereocenters. The van der Waals surface area contributed by atoms with Gasteiger partial charge < -0.3 is 0 Å². The predicted molar refractivity (Wildman–Crippen MR) is 17.1 cm³/mol. The van der Waals surface area contributed by atoms with Crippen LogP contribution in [0.25, 0.3) is 0 Å². The van der Waals surface area contributed by atoms with Crippen LogP contribution in [0.1, 0.15) is 0 Å². The molecule has 0 heterocycles. The van der Waals surface area contributed by atoms with Crippen LogP contribution in [0.4, 0.5) is 0 Å². The molecule has 0 aromatic heterocycles. The molecule has 0 amide bonds. The molecule has 0 aliphatic carbocycles. The van der Waals surface area contributed by atoms with Crippen LogP contribution >= 0.6 is 0 Å². The second-order valence-corrected chi connectivity index (χ2v) is 0. The molecule has 0 saturated carbocycles. The fraction of sp³-hybridized carbons (Fsp3) is 0. The van der Waals surface area contributed by atoms with Gasteiger partial charge in [-0.15, -0.1) is 0 Å². The largest absolute Gasteiger partial charge is 0 e. The summed E-state index contributed by atoms with van der Waals surface area (Å²) in [6.07, 6.45) is 0. The van der Waals surface area contributed by atoms with Crippen LogP contribution in [0, 0.1) is 40.8 Å². The summed E-state index contributed by atoms with van der Waals surface area (Å²) in [5, 5.41) is 0. The molecule has 0 rings (SSSR count). The van der Waals surface area contributed by atoms with E-state index in [9.17, 15) is 0 Å². The van der Waals surface area contributed by atoms with Gasteiger partial charge in [-0.2, -0.15) is 0 Å². The van der Waals surface area contributed by atoms with Crippen LogP contribution in [0.15, 0.2) is 0 Å². The fourth-order valence-electron chi connectivity index (χ4n) is 0. The van der Waals surface area contributed by atoms with Gasteiger partial charge in [0.25, 0.3) is 0 Å². The Labute approximate surface area is 181 Å². The summed E-state index contributed by atoms with van der Waals surface area (Å²) >= 11 is 0. The SMILES string of the molecule is [CaH2].[Nd].[SrH2].[Ti].[Ti].[Zn]. The summed E-state index contributed by atoms with van der Waals surface area (Å²) in [5.74, 6) is 0. The molecule has 0 bridgehead atoms. The van der Waals surface area contributed by atoms with Gasteiger partial charge in [-0.1, -0.05) is 0 Å². The maximum absolute atomic E-state index is 0. The molecule has 0 N–H and O–H groups in total. The van der Waals surface area contributed by atoms with Crippen molar-refractivity contribution in [2.24, 2.45) is 0 Å². The first kappa shape index (κ1) is 40.0. The van der Waals surface area contributed by atoms with Gasteiger partial charge in [-0.05, 0) is 0 Å². The van der Waals surface area contributed by atoms with E-state index < -0.39 is 0 Å². The van der Waals surface area contributed by atoms with Crippen LogP contribution in [0.5, 0.6) is 0 Å². The first-order chi connectivity index (χ1) is 0. The predicted octanol–water partition coefficient (Wildman–Crippen LogP) is -1.84. The van der Waals surface area contributed by atoms with Gasteiger partial charge >= 0.3 is 83.2 Å². The van der Waals surface area contributed by atoms with Gasteiger partial charge in [0.05, 0.1) is 0 Å². The van der Waals surface area contributed by atoms with Crippen LogP contribution in [0.3, 0.4) is 0 Å². The van der Waals surface area contributed by atoms with E-state index in [4.69, 9.17) is 0 Å². The molecule has 0 aliphatic heterocycles. The normalized spacial score (nSPS) is 0. The third kappa shape index (κ3) is 22.5. The van der Waals surface area contributed by atoms with E-state index in [0.29, 0.717) is 0 Å². The minimum absolute atomic E-state index is 0. The number of hydrogen-bond acceptors (Lipinski definition) is 0. The Hall–Kier alpha value is 6.14. The van der Waals surface area contributed by atoms with Crippen molar-refractivity contribution in [2.45, 2.75) is 0 Å². The van der Waals surface area contributed by atoms with Crippen LogP contribution in [-0.4, -0.2) is 83.2 Å². The third-order valence-corrected chi connectivity index (χ3v) is 0.